The molecule has 0 spiro atoms. The summed E-state index contributed by atoms with van der Waals surface area (Å²) in [6.45, 7) is 14.5. The number of thiophene rings is 1. The van der Waals surface area contributed by atoms with Gasteiger partial charge in [-0.3, -0.25) is 0 Å². The minimum Gasteiger partial charge on any atom is -0.456 e. The molecule has 147 heavy (non-hydrogen) atoms. The van der Waals surface area contributed by atoms with Crippen LogP contribution in [-0.4, -0.2) is 72.4 Å². The molecule has 28 aromatic rings. The zero-order valence-corrected chi connectivity index (χ0v) is 85.3. The highest BCUT2D eigenvalue weighted by atomic mass is 32.1. The molecule has 19 aromatic carbocycles. The van der Waals surface area contributed by atoms with E-state index in [0.29, 0.717) is 0 Å². The fraction of sp³-hybridized carbons (Fsp3) is 0.0455. The normalized spacial score (nSPS) is 13.4. The molecule has 0 amide bonds. The van der Waals surface area contributed by atoms with Crippen molar-refractivity contribution in [3.05, 3.63) is 449 Å². The molecule has 3 aliphatic rings. The summed E-state index contributed by atoms with van der Waals surface area (Å²) in [5.74, 6) is 2.37. The maximum atomic E-state index is 6.29. The maximum Gasteiger partial charge on any atom is 0.159 e. The van der Waals surface area contributed by atoms with E-state index < -0.39 is 24.2 Å². The molecule has 31 rings (SSSR count). The van der Waals surface area contributed by atoms with E-state index in [1.165, 1.54) is 172 Å². The van der Waals surface area contributed by atoms with Crippen molar-refractivity contribution in [1.82, 2.24) is 48.2 Å². The Morgan fingerprint density at radius 1 is 0.197 bits per heavy atom. The molecule has 9 aromatic heterocycles. The van der Waals surface area contributed by atoms with Gasteiger partial charge in [0.15, 0.2) is 17.5 Å². The second-order valence-electron chi connectivity index (χ2n) is 40.6. The minimum absolute atomic E-state index is 0.788. The Balaban J connectivity index is 0.000000104. The van der Waals surface area contributed by atoms with E-state index in [0.717, 1.165) is 113 Å². The fourth-order valence-corrected chi connectivity index (χ4v) is 34.3. The summed E-state index contributed by atoms with van der Waals surface area (Å²) in [4.78, 5) is 31.8. The van der Waals surface area contributed by atoms with E-state index in [9.17, 15) is 0 Å². The SMILES string of the molecule is C[Si]1(C)c2ccccc2-c2c(-c3ccc(-n4c5ccccc5c5c6c(ccc54)oc4ccccc46)cc3)nc(-c3ccccc3)nc21.C[Si]1(C)c2ccccc2-c2c(-c3ccc(-n4c5ccccc5c5c6c(ccc54)sc4ccccc46)cc3)nc(-c3ccccc3)nc21.C[Si]1(C)c2ccccc2-c2c(-c3ccc(-n4c5ccccc5c5c6c7ccccc7n(-c7ccccc7)c6ccc54)cc3)nc(-c3ccccc3)nc21. The molecular weight excluding hydrogens is 1860 g/mol. The molecule has 3 aliphatic heterocycles. The van der Waals surface area contributed by atoms with Gasteiger partial charge in [-0.15, -0.1) is 11.3 Å². The van der Waals surface area contributed by atoms with Crippen LogP contribution in [0.5, 0.6) is 0 Å². The molecule has 0 unspecified atom stereocenters. The van der Waals surface area contributed by atoms with E-state index in [2.05, 4.69) is 476 Å². The molecular formula is C132H92N10OSSi3. The van der Waals surface area contributed by atoms with Crippen LogP contribution in [-0.2, 0) is 0 Å². The Labute approximate surface area is 854 Å². The lowest BCUT2D eigenvalue weighted by Crippen LogP contribution is -2.50. The van der Waals surface area contributed by atoms with Crippen LogP contribution in [0, 0.1) is 0 Å². The van der Waals surface area contributed by atoms with Crippen LogP contribution in [0.4, 0.5) is 0 Å². The van der Waals surface area contributed by atoms with Crippen LogP contribution < -0.4 is 31.5 Å². The summed E-state index contributed by atoms with van der Waals surface area (Å²) < 4.78 is 18.6. The lowest BCUT2D eigenvalue weighted by atomic mass is 10.00. The second kappa shape index (κ2) is 33.2. The molecule has 0 atom stereocenters. The average Bonchev–Trinajstić information content (AvgIpc) is 1.55. The Bertz CT molecular complexity index is 9960. The van der Waals surface area contributed by atoms with Crippen LogP contribution in [0.15, 0.2) is 453 Å². The first kappa shape index (κ1) is 86.0. The number of fused-ring (bicyclic) bond motifs is 30. The van der Waals surface area contributed by atoms with Gasteiger partial charge in [-0.05, 0) is 154 Å². The molecule has 15 heteroatoms. The van der Waals surface area contributed by atoms with Gasteiger partial charge in [-0.1, -0.05) is 367 Å². The van der Waals surface area contributed by atoms with Gasteiger partial charge in [0.25, 0.3) is 0 Å². The first-order valence-electron chi connectivity index (χ1n) is 50.5. The Hall–Kier alpha value is -17.7. The first-order chi connectivity index (χ1) is 72.2. The van der Waals surface area contributed by atoms with E-state index in [-0.39, 0.29) is 0 Å². The lowest BCUT2D eigenvalue weighted by molar-refractivity contribution is 0.669. The van der Waals surface area contributed by atoms with Gasteiger partial charge in [0.05, 0.1) is 61.2 Å². The van der Waals surface area contributed by atoms with Gasteiger partial charge in [0, 0.05) is 163 Å². The van der Waals surface area contributed by atoms with Crippen molar-refractivity contribution in [3.63, 3.8) is 0 Å². The topological polar surface area (TPSA) is 110 Å². The number of nitrogens with zero attached hydrogens (tertiary/aromatic N) is 10. The van der Waals surface area contributed by atoms with Crippen molar-refractivity contribution in [1.29, 1.82) is 0 Å². The first-order valence-corrected chi connectivity index (χ1v) is 60.3. The lowest BCUT2D eigenvalue weighted by Gasteiger charge is -2.19. The third-order valence-electron chi connectivity index (χ3n) is 31.2. The van der Waals surface area contributed by atoms with E-state index >= 15 is 0 Å². The summed E-state index contributed by atoms with van der Waals surface area (Å²) >= 11 is 1.88. The third-order valence-corrected chi connectivity index (χ3v) is 42.4. The predicted octanol–water partition coefficient (Wildman–Crippen LogP) is 30.5. The molecule has 0 bridgehead atoms. The Kier molecular flexibility index (Phi) is 19.4. The zero-order chi connectivity index (χ0) is 97.8. The monoisotopic (exact) mass is 1950 g/mol. The van der Waals surface area contributed by atoms with Gasteiger partial charge in [-0.25, -0.2) is 29.9 Å². The number of furan rings is 1. The second-order valence-corrected chi connectivity index (χ2v) is 54.4. The summed E-state index contributed by atoms with van der Waals surface area (Å²) in [7, 11) is -6.09. The number of benzene rings is 19. The summed E-state index contributed by atoms with van der Waals surface area (Å²) in [6.07, 6.45) is 0. The highest BCUT2D eigenvalue weighted by Crippen LogP contribution is 2.50. The van der Waals surface area contributed by atoms with Crippen molar-refractivity contribution in [2.45, 2.75) is 39.3 Å². The smallest absolute Gasteiger partial charge is 0.159 e. The van der Waals surface area contributed by atoms with Gasteiger partial charge in [0.2, 0.25) is 0 Å². The highest BCUT2D eigenvalue weighted by molar-refractivity contribution is 7.26. The van der Waals surface area contributed by atoms with Crippen molar-refractivity contribution < 1.29 is 4.42 Å². The van der Waals surface area contributed by atoms with Gasteiger partial charge < -0.3 is 22.7 Å². The molecule has 0 saturated heterocycles. The zero-order valence-electron chi connectivity index (χ0n) is 81.5. The van der Waals surface area contributed by atoms with Crippen LogP contribution in [0.2, 0.25) is 39.3 Å². The number of para-hydroxylation sites is 6. The van der Waals surface area contributed by atoms with Gasteiger partial charge in [0.1, 0.15) is 35.4 Å². The van der Waals surface area contributed by atoms with Crippen LogP contribution in [0.1, 0.15) is 0 Å². The van der Waals surface area contributed by atoms with E-state index in [1.807, 2.05) is 41.7 Å². The standard InChI is InChI=1S/C48H34N4Si.C42H29N3OSi.C42H29N3SSi/c1-53(2)42-24-14-11-21-37(42)45-46(49-47(50-48(45)53)32-15-5-3-6-16-32)31-25-27-34(28-26-31)52-39-23-13-10-20-36(39)44-41(52)30-29-40-43(44)35-19-9-12-22-38(35)51(40)33-17-7-4-8-18-33;2*1-47(2)36-19-11-8-16-31(36)39-40(43-41(44-42(39)47)27-12-4-3-5-13-27)26-20-22-28(23-21-26)45-32-17-9-6-14-29(32)37-33(45)24-25-35-38(37)30-15-7-10-18-34(30)46-35/h3-30H,1-2H3;2*3-25H,1-2H3. The molecule has 0 radical (unpaired) electrons. The molecule has 11 nitrogen and oxygen atoms in total. The van der Waals surface area contributed by atoms with Crippen LogP contribution >= 0.6 is 11.3 Å². The van der Waals surface area contributed by atoms with Crippen molar-refractivity contribution >= 4 is 196 Å². The molecule has 0 fully saturated rings. The highest BCUT2D eigenvalue weighted by Gasteiger charge is 2.45. The Morgan fingerprint density at radius 3 is 0.864 bits per heavy atom. The van der Waals surface area contributed by atoms with E-state index in [1.54, 1.807) is 0 Å². The minimum atomic E-state index is -2.04. The number of rotatable bonds is 10. The molecule has 0 saturated carbocycles. The number of hydrogen-bond donors (Lipinski definition) is 0. The molecule has 0 aliphatic carbocycles. The average molecular weight is 1950 g/mol. The van der Waals surface area contributed by atoms with Crippen molar-refractivity contribution in [2.24, 2.45) is 0 Å². The summed E-state index contributed by atoms with van der Waals surface area (Å²) in [6, 6.07) is 161. The van der Waals surface area contributed by atoms with Gasteiger partial charge >= 0.3 is 0 Å². The largest absolute Gasteiger partial charge is 0.456 e. The van der Waals surface area contributed by atoms with Crippen LogP contribution in [0.25, 0.3) is 253 Å². The van der Waals surface area contributed by atoms with Crippen molar-refractivity contribution in [3.8, 4) is 124 Å². The predicted molar refractivity (Wildman–Crippen MR) is 623 cm³/mol. The quantitative estimate of drug-likeness (QED) is 0.125. The third kappa shape index (κ3) is 13.2. The van der Waals surface area contributed by atoms with Crippen LogP contribution in [0.3, 0.4) is 0 Å². The maximum absolute atomic E-state index is 6.29. The Morgan fingerprint density at radius 2 is 0.483 bits per heavy atom. The molecule has 0 N–H and O–H groups in total. The van der Waals surface area contributed by atoms with E-state index in [4.69, 9.17) is 34.3 Å². The number of aromatic nitrogens is 10. The molecule has 694 valence electrons. The molecule has 12 heterocycles. The fourth-order valence-electron chi connectivity index (χ4n) is 24.5. The summed E-state index contributed by atoms with van der Waals surface area (Å²) in [5, 5.41) is 23.0. The number of hydrogen-bond acceptors (Lipinski definition) is 8. The summed E-state index contributed by atoms with van der Waals surface area (Å²) in [5.41, 5.74) is 32.8. The van der Waals surface area contributed by atoms with Gasteiger partial charge in [-0.2, -0.15) is 0 Å². The van der Waals surface area contributed by atoms with Crippen molar-refractivity contribution in [2.75, 3.05) is 0 Å².